The Morgan fingerprint density at radius 1 is 1.16 bits per heavy atom. The number of aromatic nitrogens is 1. The summed E-state index contributed by atoms with van der Waals surface area (Å²) < 4.78 is 12.5. The first-order chi connectivity index (χ1) is 15.0. The van der Waals surface area contributed by atoms with Crippen LogP contribution in [0, 0.1) is 13.8 Å². The van der Waals surface area contributed by atoms with Crippen molar-refractivity contribution >= 4 is 45.8 Å². The zero-order chi connectivity index (χ0) is 22.0. The predicted octanol–water partition coefficient (Wildman–Crippen LogP) is 6.61. The van der Waals surface area contributed by atoms with E-state index in [0.29, 0.717) is 23.3 Å². The number of hydrogen-bond donors (Lipinski definition) is 0. The van der Waals surface area contributed by atoms with Gasteiger partial charge in [-0.2, -0.15) is 0 Å². The lowest BCUT2D eigenvalue weighted by Crippen LogP contribution is -2.12. The van der Waals surface area contributed by atoms with Gasteiger partial charge in [0.25, 0.3) is 0 Å². The molecule has 2 aromatic heterocycles. The lowest BCUT2D eigenvalue weighted by Gasteiger charge is -2.09. The summed E-state index contributed by atoms with van der Waals surface area (Å²) in [5.41, 5.74) is 3.68. The highest BCUT2D eigenvalue weighted by atomic mass is 32.2. The number of carbonyl (C=O) groups is 2. The van der Waals surface area contributed by atoms with E-state index in [1.807, 2.05) is 49.6 Å². The first-order valence-electron chi connectivity index (χ1n) is 9.87. The number of para-hydroxylation sites is 1. The van der Waals surface area contributed by atoms with E-state index < -0.39 is 5.97 Å². The number of aryl methyl sites for hydroxylation is 2. The van der Waals surface area contributed by atoms with Crippen molar-refractivity contribution in [3.8, 4) is 5.75 Å². The van der Waals surface area contributed by atoms with Crippen molar-refractivity contribution in [3.05, 3.63) is 76.0 Å². The van der Waals surface area contributed by atoms with Gasteiger partial charge in [-0.05, 0) is 32.0 Å². The normalized spacial score (nSPS) is 11.1. The first kappa shape index (κ1) is 21.3. The molecule has 0 aliphatic rings. The molecule has 0 fully saturated rings. The van der Waals surface area contributed by atoms with Crippen LogP contribution in [-0.4, -0.2) is 16.7 Å². The van der Waals surface area contributed by atoms with Crippen molar-refractivity contribution in [3.63, 3.8) is 0 Å². The zero-order valence-corrected chi connectivity index (χ0v) is 19.1. The Morgan fingerprint density at radius 3 is 2.71 bits per heavy atom. The van der Waals surface area contributed by atoms with Gasteiger partial charge in [-0.25, -0.2) is 9.78 Å². The van der Waals surface area contributed by atoms with E-state index in [1.54, 1.807) is 42.2 Å². The molecule has 0 saturated heterocycles. The van der Waals surface area contributed by atoms with Gasteiger partial charge in [0.2, 0.25) is 5.76 Å². The molecule has 5 nitrogen and oxygen atoms in total. The second-order valence-electron chi connectivity index (χ2n) is 7.12. The quantitative estimate of drug-likeness (QED) is 0.136. The van der Waals surface area contributed by atoms with Gasteiger partial charge in [-0.1, -0.05) is 48.5 Å². The number of carbonyl (C=O) groups excluding carboxylic acids is 2. The van der Waals surface area contributed by atoms with Crippen molar-refractivity contribution in [2.75, 3.05) is 0 Å². The number of Topliss-reactive ketones (excluding diaryl/α,β-unsaturated/α-hetero) is 1. The first-order valence-corrected chi connectivity index (χ1v) is 11.7. The lowest BCUT2D eigenvalue weighted by atomic mass is 10.0. The molecule has 0 aliphatic carbocycles. The minimum absolute atomic E-state index is 0.0778. The molecule has 2 aromatic carbocycles. The highest BCUT2D eigenvalue weighted by Gasteiger charge is 2.24. The number of benzene rings is 2. The molecular formula is C24H21NO4S2. The molecule has 4 aromatic rings. The third kappa shape index (κ3) is 4.57. The van der Waals surface area contributed by atoms with E-state index in [2.05, 4.69) is 4.98 Å². The molecule has 0 bridgehead atoms. The van der Waals surface area contributed by atoms with Crippen LogP contribution in [0.5, 0.6) is 5.75 Å². The Labute approximate surface area is 188 Å². The summed E-state index contributed by atoms with van der Waals surface area (Å²) in [6, 6.07) is 12.7. The second-order valence-corrected chi connectivity index (χ2v) is 9.20. The van der Waals surface area contributed by atoms with Gasteiger partial charge in [0.1, 0.15) is 15.7 Å². The maximum Gasteiger partial charge on any atom is 0.380 e. The standard InChI is InChI=1S/C24H21NO4S2/c1-4-19(26)17-11-14(2)9-10-21(17)29-23(27)22-18(13-31-24-25-15(3)12-30-24)16-7-5-6-8-20(16)28-22/h5-12H,4,13H2,1-3H3. The van der Waals surface area contributed by atoms with Gasteiger partial charge in [0.15, 0.2) is 5.78 Å². The van der Waals surface area contributed by atoms with E-state index in [1.165, 1.54) is 0 Å². The molecular weight excluding hydrogens is 430 g/mol. The summed E-state index contributed by atoms with van der Waals surface area (Å²) in [6.45, 7) is 5.63. The third-order valence-electron chi connectivity index (χ3n) is 4.78. The van der Waals surface area contributed by atoms with Gasteiger partial charge in [-0.15, -0.1) is 11.3 Å². The molecule has 158 valence electrons. The summed E-state index contributed by atoms with van der Waals surface area (Å²) in [7, 11) is 0. The van der Waals surface area contributed by atoms with Crippen LogP contribution < -0.4 is 4.74 Å². The average Bonchev–Trinajstić information content (AvgIpc) is 3.36. The topological polar surface area (TPSA) is 69.4 Å². The number of thiazole rings is 1. The summed E-state index contributed by atoms with van der Waals surface area (Å²) >= 11 is 3.12. The third-order valence-corrected chi connectivity index (χ3v) is 6.95. The monoisotopic (exact) mass is 451 g/mol. The molecule has 4 rings (SSSR count). The van der Waals surface area contributed by atoms with E-state index in [9.17, 15) is 9.59 Å². The Kier molecular flexibility index (Phi) is 6.25. The fraction of sp³-hybridized carbons (Fsp3) is 0.208. The Bertz CT molecular complexity index is 1270. The average molecular weight is 452 g/mol. The molecule has 0 saturated carbocycles. The highest BCUT2D eigenvalue weighted by molar-refractivity contribution is 8.00. The minimum atomic E-state index is -0.615. The maximum atomic E-state index is 13.1. The van der Waals surface area contributed by atoms with Crippen LogP contribution in [0.2, 0.25) is 0 Å². The molecule has 0 aliphatic heterocycles. The van der Waals surface area contributed by atoms with Crippen LogP contribution >= 0.6 is 23.1 Å². The molecule has 0 unspecified atom stereocenters. The Morgan fingerprint density at radius 2 is 1.97 bits per heavy atom. The van der Waals surface area contributed by atoms with Crippen molar-refractivity contribution in [1.29, 1.82) is 0 Å². The Balaban J connectivity index is 1.67. The van der Waals surface area contributed by atoms with E-state index in [4.69, 9.17) is 9.15 Å². The summed E-state index contributed by atoms with van der Waals surface area (Å²) in [5, 5.41) is 2.86. The zero-order valence-electron chi connectivity index (χ0n) is 17.4. The van der Waals surface area contributed by atoms with Crippen LogP contribution in [0.4, 0.5) is 0 Å². The molecule has 7 heteroatoms. The molecule has 0 amide bonds. The van der Waals surface area contributed by atoms with Crippen LogP contribution in [0.15, 0.2) is 56.6 Å². The minimum Gasteiger partial charge on any atom is -0.449 e. The highest BCUT2D eigenvalue weighted by Crippen LogP contribution is 2.34. The lowest BCUT2D eigenvalue weighted by molar-refractivity contribution is 0.0700. The molecule has 0 N–H and O–H groups in total. The molecule has 0 spiro atoms. The van der Waals surface area contributed by atoms with Gasteiger partial charge in [0, 0.05) is 34.2 Å². The van der Waals surface area contributed by atoms with Crippen LogP contribution in [0.1, 0.15) is 51.1 Å². The van der Waals surface area contributed by atoms with E-state index in [0.717, 1.165) is 26.5 Å². The summed E-state index contributed by atoms with van der Waals surface area (Å²) in [4.78, 5) is 29.9. The van der Waals surface area contributed by atoms with E-state index in [-0.39, 0.29) is 17.3 Å². The van der Waals surface area contributed by atoms with Crippen molar-refractivity contribution in [2.24, 2.45) is 0 Å². The van der Waals surface area contributed by atoms with Gasteiger partial charge < -0.3 is 9.15 Å². The van der Waals surface area contributed by atoms with Gasteiger partial charge in [-0.3, -0.25) is 4.79 Å². The number of esters is 1. The fourth-order valence-corrected chi connectivity index (χ4v) is 5.10. The summed E-state index contributed by atoms with van der Waals surface area (Å²) in [5.74, 6) is 0.222. The number of fused-ring (bicyclic) bond motifs is 1. The number of ether oxygens (including phenoxy) is 1. The molecule has 0 radical (unpaired) electrons. The molecule has 0 atom stereocenters. The van der Waals surface area contributed by atoms with Gasteiger partial charge in [0.05, 0.1) is 5.56 Å². The summed E-state index contributed by atoms with van der Waals surface area (Å²) in [6.07, 6.45) is 0.327. The number of hydrogen-bond acceptors (Lipinski definition) is 7. The maximum absolute atomic E-state index is 13.1. The number of rotatable bonds is 7. The molecule has 31 heavy (non-hydrogen) atoms. The van der Waals surface area contributed by atoms with Crippen LogP contribution in [0.25, 0.3) is 11.0 Å². The van der Waals surface area contributed by atoms with Crippen LogP contribution in [0.3, 0.4) is 0 Å². The number of thioether (sulfide) groups is 1. The van der Waals surface area contributed by atoms with Crippen molar-refractivity contribution < 1.29 is 18.7 Å². The van der Waals surface area contributed by atoms with Gasteiger partial charge >= 0.3 is 5.97 Å². The van der Waals surface area contributed by atoms with Crippen molar-refractivity contribution in [2.45, 2.75) is 37.3 Å². The number of ketones is 1. The number of furan rings is 1. The largest absolute Gasteiger partial charge is 0.449 e. The molecule has 2 heterocycles. The fourth-order valence-electron chi connectivity index (χ4n) is 3.23. The SMILES string of the molecule is CCC(=O)c1cc(C)ccc1OC(=O)c1oc2ccccc2c1CSc1nc(C)cs1. The van der Waals surface area contributed by atoms with Crippen LogP contribution in [-0.2, 0) is 5.75 Å². The van der Waals surface area contributed by atoms with Crippen molar-refractivity contribution in [1.82, 2.24) is 4.98 Å². The predicted molar refractivity (Wildman–Crippen MR) is 123 cm³/mol. The second kappa shape index (κ2) is 9.08. The Hall–Kier alpha value is -2.90. The van der Waals surface area contributed by atoms with E-state index >= 15 is 0 Å². The smallest absolute Gasteiger partial charge is 0.380 e. The number of nitrogens with zero attached hydrogens (tertiary/aromatic N) is 1.